The highest BCUT2D eigenvalue weighted by atomic mass is 32.2. The van der Waals surface area contributed by atoms with Crippen molar-refractivity contribution in [2.24, 2.45) is 0 Å². The number of ether oxygens (including phenoxy) is 1. The van der Waals surface area contributed by atoms with Crippen LogP contribution >= 0.6 is 11.8 Å². The summed E-state index contributed by atoms with van der Waals surface area (Å²) in [5.74, 6) is 1.38. The second kappa shape index (κ2) is 5.92. The van der Waals surface area contributed by atoms with Crippen molar-refractivity contribution in [2.75, 3.05) is 11.1 Å². The van der Waals surface area contributed by atoms with Gasteiger partial charge < -0.3 is 15.0 Å². The Hall–Kier alpha value is -2.54. The number of hydrogen-bond donors (Lipinski definition) is 2. The highest BCUT2D eigenvalue weighted by Gasteiger charge is 2.26. The topological polar surface area (TPSA) is 75.7 Å². The van der Waals surface area contributed by atoms with Crippen molar-refractivity contribution in [1.82, 2.24) is 20.2 Å². The number of fused-ring (bicyclic) bond motifs is 3. The number of hydrogen-bond acceptors (Lipinski definition) is 6. The van der Waals surface area contributed by atoms with Crippen LogP contribution in [0.4, 0.5) is 5.69 Å². The summed E-state index contributed by atoms with van der Waals surface area (Å²) in [5.41, 5.74) is 3.46. The fraction of sp³-hybridized carbons (Fsp3) is 0.188. The van der Waals surface area contributed by atoms with Crippen LogP contribution in [0.3, 0.4) is 0 Å². The molecular weight excluding hydrogens is 310 g/mol. The van der Waals surface area contributed by atoms with Crippen LogP contribution in [0.1, 0.15) is 18.8 Å². The summed E-state index contributed by atoms with van der Waals surface area (Å²) >= 11 is 1.54. The third-order valence-electron chi connectivity index (χ3n) is 3.51. The molecule has 6 nitrogen and oxygen atoms in total. The molecule has 23 heavy (non-hydrogen) atoms. The summed E-state index contributed by atoms with van der Waals surface area (Å²) in [6, 6.07) is 11.8. The van der Waals surface area contributed by atoms with Gasteiger partial charge in [-0.1, -0.05) is 36.9 Å². The highest BCUT2D eigenvalue weighted by Crippen LogP contribution is 2.39. The van der Waals surface area contributed by atoms with Gasteiger partial charge in [0.15, 0.2) is 5.69 Å². The fourth-order valence-electron chi connectivity index (χ4n) is 2.49. The summed E-state index contributed by atoms with van der Waals surface area (Å²) in [4.78, 5) is 7.71. The zero-order chi connectivity index (χ0) is 15.6. The van der Waals surface area contributed by atoms with E-state index in [2.05, 4.69) is 32.4 Å². The maximum atomic E-state index is 6.10. The van der Waals surface area contributed by atoms with Gasteiger partial charge in [0.1, 0.15) is 0 Å². The van der Waals surface area contributed by atoms with Crippen molar-refractivity contribution < 1.29 is 4.74 Å². The predicted octanol–water partition coefficient (Wildman–Crippen LogP) is 3.48. The molecule has 0 radical (unpaired) electrons. The maximum Gasteiger partial charge on any atom is 0.247 e. The lowest BCUT2D eigenvalue weighted by molar-refractivity contribution is 0.221. The average molecular weight is 325 g/mol. The number of thioether (sulfide) groups is 1. The summed E-state index contributed by atoms with van der Waals surface area (Å²) in [6.45, 7) is 2.05. The van der Waals surface area contributed by atoms with E-state index in [1.54, 1.807) is 11.8 Å². The Kier molecular flexibility index (Phi) is 3.63. The number of H-pyrrole nitrogens is 1. The Morgan fingerprint density at radius 3 is 2.91 bits per heavy atom. The minimum atomic E-state index is -0.358. The van der Waals surface area contributed by atoms with E-state index in [-0.39, 0.29) is 6.23 Å². The van der Waals surface area contributed by atoms with Gasteiger partial charge in [0.05, 0.1) is 5.69 Å². The first-order valence-electron chi connectivity index (χ1n) is 7.38. The lowest BCUT2D eigenvalue weighted by Crippen LogP contribution is -2.17. The van der Waals surface area contributed by atoms with Crippen LogP contribution in [0.15, 0.2) is 47.8 Å². The molecule has 0 unspecified atom stereocenters. The zero-order valence-corrected chi connectivity index (χ0v) is 13.3. The Morgan fingerprint density at radius 2 is 2.09 bits per heavy atom. The highest BCUT2D eigenvalue weighted by molar-refractivity contribution is 7.99. The quantitative estimate of drug-likeness (QED) is 0.718. The molecule has 0 amide bonds. The second-order valence-electron chi connectivity index (χ2n) is 4.99. The molecule has 0 saturated heterocycles. The van der Waals surface area contributed by atoms with E-state index in [4.69, 9.17) is 4.74 Å². The Labute approximate surface area is 137 Å². The summed E-state index contributed by atoms with van der Waals surface area (Å²) < 4.78 is 6.10. The summed E-state index contributed by atoms with van der Waals surface area (Å²) in [6.07, 6.45) is 1.51. The molecule has 2 N–H and O–H groups in total. The molecule has 2 aromatic heterocycles. The van der Waals surface area contributed by atoms with Crippen LogP contribution in [0.2, 0.25) is 0 Å². The second-order valence-corrected chi connectivity index (χ2v) is 6.23. The SMILES string of the molecule is CCSc1nnc2c(n1)O[C@@H](c1ccc[nH]1)Nc1ccccc1-2. The molecule has 116 valence electrons. The maximum absolute atomic E-state index is 6.10. The van der Waals surface area contributed by atoms with Gasteiger partial charge in [0.2, 0.25) is 17.3 Å². The number of rotatable bonds is 3. The molecule has 1 atom stereocenters. The van der Waals surface area contributed by atoms with Gasteiger partial charge in [-0.25, -0.2) is 0 Å². The van der Waals surface area contributed by atoms with Crippen LogP contribution < -0.4 is 10.1 Å². The van der Waals surface area contributed by atoms with Gasteiger partial charge in [-0.15, -0.1) is 10.2 Å². The number of anilines is 1. The number of aromatic nitrogens is 4. The molecule has 4 rings (SSSR count). The minimum absolute atomic E-state index is 0.358. The fourth-order valence-corrected chi connectivity index (χ4v) is 2.99. The third kappa shape index (κ3) is 2.63. The van der Waals surface area contributed by atoms with Crippen LogP contribution in [-0.2, 0) is 0 Å². The van der Waals surface area contributed by atoms with Gasteiger partial charge in [-0.05, 0) is 24.0 Å². The molecule has 3 aromatic rings. The number of aromatic amines is 1. The normalized spacial score (nSPS) is 15.8. The Balaban J connectivity index is 1.84. The molecule has 7 heteroatoms. The molecule has 3 heterocycles. The Morgan fingerprint density at radius 1 is 1.17 bits per heavy atom. The lowest BCUT2D eigenvalue weighted by atomic mass is 10.1. The van der Waals surface area contributed by atoms with E-state index in [0.29, 0.717) is 16.7 Å². The van der Waals surface area contributed by atoms with Gasteiger partial charge in [0.25, 0.3) is 0 Å². The smallest absolute Gasteiger partial charge is 0.247 e. The Bertz CT molecular complexity index is 821. The summed E-state index contributed by atoms with van der Waals surface area (Å²) in [5, 5.41) is 12.6. The van der Waals surface area contributed by atoms with Gasteiger partial charge in [-0.2, -0.15) is 4.98 Å². The standard InChI is InChI=1S/C16H15N5OS/c1-2-23-16-19-15-13(20-21-16)10-6-3-4-7-11(10)18-14(22-15)12-8-5-9-17-12/h3-9,14,17-18H,2H2,1H3/t14-/m0/s1. The number of nitrogens with zero attached hydrogens (tertiary/aromatic N) is 3. The molecule has 1 aliphatic rings. The van der Waals surface area contributed by atoms with Crippen molar-refractivity contribution in [3.8, 4) is 17.1 Å². The molecule has 0 aliphatic carbocycles. The first-order chi connectivity index (χ1) is 11.3. The molecule has 0 spiro atoms. The molecular formula is C16H15N5OS. The first kappa shape index (κ1) is 14.1. The van der Waals surface area contributed by atoms with E-state index < -0.39 is 0 Å². The van der Waals surface area contributed by atoms with Gasteiger partial charge >= 0.3 is 0 Å². The first-order valence-corrected chi connectivity index (χ1v) is 8.37. The van der Waals surface area contributed by atoms with E-state index in [1.165, 1.54) is 0 Å². The van der Waals surface area contributed by atoms with Crippen LogP contribution in [0.25, 0.3) is 11.3 Å². The van der Waals surface area contributed by atoms with Crippen molar-refractivity contribution >= 4 is 17.4 Å². The number of benzene rings is 1. The largest absolute Gasteiger partial charge is 0.446 e. The number of para-hydroxylation sites is 1. The van der Waals surface area contributed by atoms with E-state index in [0.717, 1.165) is 22.7 Å². The average Bonchev–Trinajstić information content (AvgIpc) is 3.05. The molecule has 0 saturated carbocycles. The lowest BCUT2D eigenvalue weighted by Gasteiger charge is -2.17. The minimum Gasteiger partial charge on any atom is -0.446 e. The van der Waals surface area contributed by atoms with E-state index in [9.17, 15) is 0 Å². The van der Waals surface area contributed by atoms with Crippen molar-refractivity contribution in [3.05, 3.63) is 48.3 Å². The van der Waals surface area contributed by atoms with Crippen LogP contribution in [0.5, 0.6) is 5.88 Å². The molecule has 0 fully saturated rings. The molecule has 0 bridgehead atoms. The number of nitrogens with one attached hydrogen (secondary N) is 2. The zero-order valence-electron chi connectivity index (χ0n) is 12.5. The van der Waals surface area contributed by atoms with Crippen molar-refractivity contribution in [3.63, 3.8) is 0 Å². The monoisotopic (exact) mass is 325 g/mol. The van der Waals surface area contributed by atoms with E-state index in [1.807, 2.05) is 42.6 Å². The third-order valence-corrected chi connectivity index (χ3v) is 4.23. The van der Waals surface area contributed by atoms with Crippen molar-refractivity contribution in [1.29, 1.82) is 0 Å². The van der Waals surface area contributed by atoms with Crippen LogP contribution in [0, 0.1) is 0 Å². The molecule has 1 aromatic carbocycles. The van der Waals surface area contributed by atoms with E-state index >= 15 is 0 Å². The van der Waals surface area contributed by atoms with Gasteiger partial charge in [-0.3, -0.25) is 0 Å². The predicted molar refractivity (Wildman–Crippen MR) is 89.4 cm³/mol. The van der Waals surface area contributed by atoms with Crippen molar-refractivity contribution in [2.45, 2.75) is 18.3 Å². The summed E-state index contributed by atoms with van der Waals surface area (Å²) in [7, 11) is 0. The molecule has 1 aliphatic heterocycles. The van der Waals surface area contributed by atoms with Crippen LogP contribution in [-0.4, -0.2) is 25.9 Å². The van der Waals surface area contributed by atoms with Gasteiger partial charge in [0, 0.05) is 17.4 Å².